The molecule has 108 valence electrons. The second-order valence-electron chi connectivity index (χ2n) is 4.69. The van der Waals surface area contributed by atoms with Crippen LogP contribution in [0.3, 0.4) is 0 Å². The lowest BCUT2D eigenvalue weighted by Crippen LogP contribution is -2.17. The molecule has 0 bridgehead atoms. The SMILES string of the molecule is CCCNCCc1nnc(-c2ccc(C)c(OC)c2)s1. The summed E-state index contributed by atoms with van der Waals surface area (Å²) in [4.78, 5) is 0. The van der Waals surface area contributed by atoms with Gasteiger partial charge in [0.1, 0.15) is 15.8 Å². The smallest absolute Gasteiger partial charge is 0.147 e. The molecule has 4 nitrogen and oxygen atoms in total. The van der Waals surface area contributed by atoms with Crippen molar-refractivity contribution < 1.29 is 4.74 Å². The van der Waals surface area contributed by atoms with E-state index in [1.807, 2.05) is 13.0 Å². The van der Waals surface area contributed by atoms with Gasteiger partial charge in [0.15, 0.2) is 0 Å². The Balaban J connectivity index is 2.04. The molecule has 0 aliphatic heterocycles. The van der Waals surface area contributed by atoms with Gasteiger partial charge in [-0.25, -0.2) is 0 Å². The molecule has 0 amide bonds. The molecule has 1 aromatic heterocycles. The minimum absolute atomic E-state index is 0.892. The first-order valence-corrected chi connectivity index (χ1v) is 7.74. The summed E-state index contributed by atoms with van der Waals surface area (Å²) in [6.45, 7) is 6.22. The Labute approximate surface area is 124 Å². The van der Waals surface area contributed by atoms with E-state index < -0.39 is 0 Å². The average Bonchev–Trinajstić information content (AvgIpc) is 2.93. The maximum Gasteiger partial charge on any atom is 0.147 e. The van der Waals surface area contributed by atoms with Gasteiger partial charge in [0, 0.05) is 18.5 Å². The molecule has 0 aliphatic rings. The lowest BCUT2D eigenvalue weighted by Gasteiger charge is -2.05. The molecule has 0 atom stereocenters. The third-order valence-corrected chi connectivity index (χ3v) is 4.10. The Morgan fingerprint density at radius 1 is 1.25 bits per heavy atom. The third kappa shape index (κ3) is 3.77. The van der Waals surface area contributed by atoms with Crippen LogP contribution >= 0.6 is 11.3 Å². The van der Waals surface area contributed by atoms with Crippen molar-refractivity contribution in [1.29, 1.82) is 0 Å². The Morgan fingerprint density at radius 3 is 2.85 bits per heavy atom. The first-order chi connectivity index (χ1) is 9.74. The summed E-state index contributed by atoms with van der Waals surface area (Å²) in [6.07, 6.45) is 2.09. The number of rotatable bonds is 7. The molecular formula is C15H21N3OS. The molecule has 2 aromatic rings. The summed E-state index contributed by atoms with van der Waals surface area (Å²) in [6, 6.07) is 6.14. The summed E-state index contributed by atoms with van der Waals surface area (Å²) in [5.41, 5.74) is 2.20. The zero-order chi connectivity index (χ0) is 14.4. The predicted octanol–water partition coefficient (Wildman–Crippen LogP) is 3.06. The monoisotopic (exact) mass is 291 g/mol. The van der Waals surface area contributed by atoms with E-state index in [2.05, 4.69) is 34.6 Å². The second-order valence-corrected chi connectivity index (χ2v) is 5.75. The molecule has 2 rings (SSSR count). The van der Waals surface area contributed by atoms with Crippen molar-refractivity contribution in [3.05, 3.63) is 28.8 Å². The van der Waals surface area contributed by atoms with Gasteiger partial charge < -0.3 is 10.1 Å². The largest absolute Gasteiger partial charge is 0.496 e. The predicted molar refractivity (Wildman–Crippen MR) is 83.5 cm³/mol. The van der Waals surface area contributed by atoms with Crippen LogP contribution in [0.25, 0.3) is 10.6 Å². The van der Waals surface area contributed by atoms with Crippen LogP contribution in [0.4, 0.5) is 0 Å². The highest BCUT2D eigenvalue weighted by molar-refractivity contribution is 7.14. The summed E-state index contributed by atoms with van der Waals surface area (Å²) < 4.78 is 5.35. The topological polar surface area (TPSA) is 47.0 Å². The Hall–Kier alpha value is -1.46. The minimum Gasteiger partial charge on any atom is -0.496 e. The fraction of sp³-hybridized carbons (Fsp3) is 0.467. The molecule has 0 saturated heterocycles. The van der Waals surface area contributed by atoms with Gasteiger partial charge in [0.05, 0.1) is 7.11 Å². The van der Waals surface area contributed by atoms with Crippen LogP contribution in [0.15, 0.2) is 18.2 Å². The zero-order valence-electron chi connectivity index (χ0n) is 12.3. The first-order valence-electron chi connectivity index (χ1n) is 6.92. The van der Waals surface area contributed by atoms with Gasteiger partial charge in [-0.15, -0.1) is 10.2 Å². The van der Waals surface area contributed by atoms with E-state index in [0.717, 1.165) is 52.8 Å². The van der Waals surface area contributed by atoms with Crippen molar-refractivity contribution in [1.82, 2.24) is 15.5 Å². The molecule has 1 heterocycles. The van der Waals surface area contributed by atoms with Gasteiger partial charge in [-0.05, 0) is 31.5 Å². The molecule has 5 heteroatoms. The maximum atomic E-state index is 5.35. The third-order valence-electron chi connectivity index (χ3n) is 3.06. The molecule has 20 heavy (non-hydrogen) atoms. The summed E-state index contributed by atoms with van der Waals surface area (Å²) >= 11 is 1.65. The van der Waals surface area contributed by atoms with Crippen LogP contribution in [0.2, 0.25) is 0 Å². The van der Waals surface area contributed by atoms with E-state index in [-0.39, 0.29) is 0 Å². The van der Waals surface area contributed by atoms with E-state index in [0.29, 0.717) is 0 Å². The lowest BCUT2D eigenvalue weighted by molar-refractivity contribution is 0.412. The summed E-state index contributed by atoms with van der Waals surface area (Å²) in [7, 11) is 1.69. The van der Waals surface area contributed by atoms with Crippen molar-refractivity contribution in [2.24, 2.45) is 0 Å². The van der Waals surface area contributed by atoms with Gasteiger partial charge in [0.2, 0.25) is 0 Å². The molecule has 1 N–H and O–H groups in total. The van der Waals surface area contributed by atoms with Crippen LogP contribution in [0.1, 0.15) is 23.9 Å². The van der Waals surface area contributed by atoms with Crippen molar-refractivity contribution in [2.75, 3.05) is 20.2 Å². The molecule has 0 saturated carbocycles. The Morgan fingerprint density at radius 2 is 2.10 bits per heavy atom. The number of nitrogens with zero attached hydrogens (tertiary/aromatic N) is 2. The van der Waals surface area contributed by atoms with E-state index in [1.54, 1.807) is 18.4 Å². The number of benzene rings is 1. The number of aromatic nitrogens is 2. The zero-order valence-corrected chi connectivity index (χ0v) is 13.1. The second kappa shape index (κ2) is 7.36. The van der Waals surface area contributed by atoms with E-state index in [9.17, 15) is 0 Å². The first kappa shape index (κ1) is 14.9. The van der Waals surface area contributed by atoms with Crippen LogP contribution in [0, 0.1) is 6.92 Å². The van der Waals surface area contributed by atoms with Crippen LogP contribution in [-0.4, -0.2) is 30.4 Å². The number of nitrogens with one attached hydrogen (secondary N) is 1. The molecular weight excluding hydrogens is 270 g/mol. The van der Waals surface area contributed by atoms with Crippen LogP contribution < -0.4 is 10.1 Å². The minimum atomic E-state index is 0.892. The van der Waals surface area contributed by atoms with Crippen molar-refractivity contribution in [2.45, 2.75) is 26.7 Å². The molecule has 0 spiro atoms. The van der Waals surface area contributed by atoms with E-state index >= 15 is 0 Å². The Bertz CT molecular complexity index is 554. The van der Waals surface area contributed by atoms with Gasteiger partial charge in [-0.3, -0.25) is 0 Å². The molecule has 0 radical (unpaired) electrons. The fourth-order valence-corrected chi connectivity index (χ4v) is 2.76. The summed E-state index contributed by atoms with van der Waals surface area (Å²) in [5, 5.41) is 13.9. The molecule has 1 aromatic carbocycles. The van der Waals surface area contributed by atoms with E-state index in [4.69, 9.17) is 4.74 Å². The van der Waals surface area contributed by atoms with Crippen molar-refractivity contribution >= 4 is 11.3 Å². The quantitative estimate of drug-likeness (QED) is 0.796. The standard InChI is InChI=1S/C15H21N3OS/c1-4-8-16-9-7-14-17-18-15(20-14)12-6-5-11(2)13(10-12)19-3/h5-6,10,16H,4,7-9H2,1-3H3. The fourth-order valence-electron chi connectivity index (χ4n) is 1.92. The van der Waals surface area contributed by atoms with Gasteiger partial charge in [-0.2, -0.15) is 0 Å². The molecule has 0 aliphatic carbocycles. The van der Waals surface area contributed by atoms with Crippen molar-refractivity contribution in [3.8, 4) is 16.3 Å². The molecule has 0 fully saturated rings. The van der Waals surface area contributed by atoms with Gasteiger partial charge >= 0.3 is 0 Å². The average molecular weight is 291 g/mol. The van der Waals surface area contributed by atoms with Crippen LogP contribution in [-0.2, 0) is 6.42 Å². The summed E-state index contributed by atoms with van der Waals surface area (Å²) in [5.74, 6) is 0.892. The van der Waals surface area contributed by atoms with E-state index in [1.165, 1.54) is 0 Å². The highest BCUT2D eigenvalue weighted by Crippen LogP contribution is 2.28. The highest BCUT2D eigenvalue weighted by atomic mass is 32.1. The maximum absolute atomic E-state index is 5.35. The Kier molecular flexibility index (Phi) is 5.49. The van der Waals surface area contributed by atoms with Gasteiger partial charge in [-0.1, -0.05) is 30.4 Å². The normalized spacial score (nSPS) is 10.8. The number of hydrogen-bond donors (Lipinski definition) is 1. The highest BCUT2D eigenvalue weighted by Gasteiger charge is 2.08. The van der Waals surface area contributed by atoms with Crippen molar-refractivity contribution in [3.63, 3.8) is 0 Å². The number of aryl methyl sites for hydroxylation is 1. The lowest BCUT2D eigenvalue weighted by atomic mass is 10.1. The number of methoxy groups -OCH3 is 1. The molecule has 0 unspecified atom stereocenters. The van der Waals surface area contributed by atoms with Crippen LogP contribution in [0.5, 0.6) is 5.75 Å². The van der Waals surface area contributed by atoms with Gasteiger partial charge in [0.25, 0.3) is 0 Å². The number of hydrogen-bond acceptors (Lipinski definition) is 5. The number of ether oxygens (including phenoxy) is 1.